The molecule has 1 aromatic carbocycles. The van der Waals surface area contributed by atoms with Gasteiger partial charge < -0.3 is 4.99 Å². The van der Waals surface area contributed by atoms with Crippen molar-refractivity contribution in [3.8, 4) is 0 Å². The van der Waals surface area contributed by atoms with Gasteiger partial charge in [0.25, 0.3) is 0 Å². The van der Waals surface area contributed by atoms with Crippen LogP contribution >= 0.6 is 0 Å². The summed E-state index contributed by atoms with van der Waals surface area (Å²) in [6.07, 6.45) is 1.98. The fourth-order valence-electron chi connectivity index (χ4n) is 2.09. The third-order valence-electron chi connectivity index (χ3n) is 2.97. The SMILES string of the molecule is CC1(C)CCCN=C1c1[c-]cc(F)cc1F.[Ir]. The van der Waals surface area contributed by atoms with Gasteiger partial charge in [0.15, 0.2) is 0 Å². The summed E-state index contributed by atoms with van der Waals surface area (Å²) >= 11 is 0. The number of benzene rings is 1. The first-order valence-electron chi connectivity index (χ1n) is 5.43. The van der Waals surface area contributed by atoms with Gasteiger partial charge >= 0.3 is 0 Å². The molecule has 0 atom stereocenters. The van der Waals surface area contributed by atoms with Crippen LogP contribution in [0.1, 0.15) is 32.3 Å². The van der Waals surface area contributed by atoms with Gasteiger partial charge in [-0.05, 0) is 24.0 Å². The molecule has 0 amide bonds. The van der Waals surface area contributed by atoms with Gasteiger partial charge in [-0.2, -0.15) is 0 Å². The van der Waals surface area contributed by atoms with Gasteiger partial charge in [0.05, 0.1) is 0 Å². The van der Waals surface area contributed by atoms with Crippen LogP contribution in [0, 0.1) is 23.1 Å². The summed E-state index contributed by atoms with van der Waals surface area (Å²) in [6.45, 7) is 4.77. The monoisotopic (exact) mass is 415 g/mol. The van der Waals surface area contributed by atoms with Crippen molar-refractivity contribution in [3.05, 3.63) is 35.4 Å². The van der Waals surface area contributed by atoms with Crippen LogP contribution in [0.15, 0.2) is 17.1 Å². The van der Waals surface area contributed by atoms with Crippen molar-refractivity contribution < 1.29 is 28.9 Å². The normalized spacial score (nSPS) is 18.2. The molecule has 0 aliphatic carbocycles. The maximum absolute atomic E-state index is 13.6. The topological polar surface area (TPSA) is 12.4 Å². The Morgan fingerprint density at radius 1 is 1.35 bits per heavy atom. The van der Waals surface area contributed by atoms with Crippen molar-refractivity contribution in [1.82, 2.24) is 0 Å². The first-order chi connectivity index (χ1) is 7.50. The van der Waals surface area contributed by atoms with E-state index in [1.165, 1.54) is 0 Å². The number of rotatable bonds is 1. The summed E-state index contributed by atoms with van der Waals surface area (Å²) < 4.78 is 26.4. The Balaban J connectivity index is 0.00000144. The molecule has 0 N–H and O–H groups in total. The van der Waals surface area contributed by atoms with Gasteiger partial charge in [-0.15, -0.1) is 12.1 Å². The summed E-state index contributed by atoms with van der Waals surface area (Å²) in [6, 6.07) is 4.70. The molecule has 0 bridgehead atoms. The van der Waals surface area contributed by atoms with E-state index < -0.39 is 11.6 Å². The summed E-state index contributed by atoms with van der Waals surface area (Å²) in [4.78, 5) is 4.37. The van der Waals surface area contributed by atoms with Crippen LogP contribution in [-0.2, 0) is 20.1 Å². The first kappa shape index (κ1) is 14.5. The van der Waals surface area contributed by atoms with E-state index in [0.29, 0.717) is 17.8 Å². The molecule has 0 unspecified atom stereocenters. The van der Waals surface area contributed by atoms with E-state index >= 15 is 0 Å². The third-order valence-corrected chi connectivity index (χ3v) is 2.97. The average Bonchev–Trinajstić information content (AvgIpc) is 2.19. The zero-order chi connectivity index (χ0) is 11.8. The molecule has 0 fully saturated rings. The van der Waals surface area contributed by atoms with Gasteiger partial charge in [0.2, 0.25) is 0 Å². The maximum Gasteiger partial charge on any atom is 0.0407 e. The van der Waals surface area contributed by atoms with Gasteiger partial charge in [-0.3, -0.25) is 8.78 Å². The quantitative estimate of drug-likeness (QED) is 0.625. The van der Waals surface area contributed by atoms with Gasteiger partial charge in [-0.25, -0.2) is 0 Å². The Hall–Kier alpha value is -0.601. The second-order valence-electron chi connectivity index (χ2n) is 4.76. The maximum atomic E-state index is 13.6. The van der Waals surface area contributed by atoms with Crippen LogP contribution in [0.4, 0.5) is 8.78 Å². The molecule has 95 valence electrons. The van der Waals surface area contributed by atoms with Crippen molar-refractivity contribution in [3.63, 3.8) is 0 Å². The van der Waals surface area contributed by atoms with E-state index in [9.17, 15) is 8.78 Å². The van der Waals surface area contributed by atoms with Crippen molar-refractivity contribution in [2.75, 3.05) is 6.54 Å². The van der Waals surface area contributed by atoms with Crippen molar-refractivity contribution >= 4 is 5.71 Å². The minimum absolute atomic E-state index is 0. The summed E-state index contributed by atoms with van der Waals surface area (Å²) in [5.74, 6) is -1.18. The van der Waals surface area contributed by atoms with E-state index in [-0.39, 0.29) is 25.5 Å². The van der Waals surface area contributed by atoms with E-state index in [1.54, 1.807) is 0 Å². The zero-order valence-electron chi connectivity index (χ0n) is 9.81. The Morgan fingerprint density at radius 2 is 2.06 bits per heavy atom. The first-order valence-corrected chi connectivity index (χ1v) is 5.43. The number of aliphatic imine (C=N–C) groups is 1. The number of hydrogen-bond acceptors (Lipinski definition) is 1. The molecule has 17 heavy (non-hydrogen) atoms. The molecule has 1 aromatic rings. The molecule has 1 nitrogen and oxygen atoms in total. The van der Waals surface area contributed by atoms with Gasteiger partial charge in [0, 0.05) is 38.3 Å². The van der Waals surface area contributed by atoms with Crippen LogP contribution in [0.2, 0.25) is 0 Å². The van der Waals surface area contributed by atoms with Crippen LogP contribution in [0.25, 0.3) is 0 Å². The smallest absolute Gasteiger partial charge is 0.0407 e. The Kier molecular flexibility index (Phi) is 4.56. The van der Waals surface area contributed by atoms with Crippen molar-refractivity contribution in [2.45, 2.75) is 26.7 Å². The van der Waals surface area contributed by atoms with Crippen LogP contribution in [0.3, 0.4) is 0 Å². The molecule has 1 aliphatic rings. The van der Waals surface area contributed by atoms with Gasteiger partial charge in [-0.1, -0.05) is 25.5 Å². The largest absolute Gasteiger partial charge is 0.336 e. The molecule has 2 rings (SSSR count). The zero-order valence-corrected chi connectivity index (χ0v) is 12.2. The Morgan fingerprint density at radius 3 is 2.65 bits per heavy atom. The number of halogens is 2. The molecular formula is C13H14F2IrN-. The molecular weight excluding hydrogens is 400 g/mol. The molecule has 0 saturated carbocycles. The fraction of sp³-hybridized carbons (Fsp3) is 0.462. The van der Waals surface area contributed by atoms with Gasteiger partial charge in [0.1, 0.15) is 0 Å². The standard InChI is InChI=1S/C13H14F2N.Ir/c1-13(2)6-3-7-16-12(13)10-5-4-9(14)8-11(10)15;/h4,8H,3,6-7H2,1-2H3;/q-1;. The molecule has 1 aliphatic heterocycles. The molecule has 4 heteroatoms. The fourth-order valence-corrected chi connectivity index (χ4v) is 2.09. The summed E-state index contributed by atoms with van der Waals surface area (Å²) in [5, 5.41) is 0. The van der Waals surface area contributed by atoms with E-state index in [0.717, 1.165) is 25.0 Å². The summed E-state index contributed by atoms with van der Waals surface area (Å²) in [5.41, 5.74) is 0.857. The second kappa shape index (κ2) is 5.36. The van der Waals surface area contributed by atoms with Crippen molar-refractivity contribution in [1.29, 1.82) is 0 Å². The molecule has 0 aromatic heterocycles. The number of nitrogens with zero attached hydrogens (tertiary/aromatic N) is 1. The Bertz CT molecular complexity index is 441. The van der Waals surface area contributed by atoms with Crippen LogP contribution in [-0.4, -0.2) is 12.3 Å². The van der Waals surface area contributed by atoms with E-state index in [4.69, 9.17) is 0 Å². The molecule has 0 saturated heterocycles. The molecule has 0 spiro atoms. The third kappa shape index (κ3) is 2.99. The van der Waals surface area contributed by atoms with Crippen LogP contribution in [0.5, 0.6) is 0 Å². The Labute approximate surface area is 114 Å². The number of hydrogen-bond donors (Lipinski definition) is 0. The second-order valence-corrected chi connectivity index (χ2v) is 4.76. The predicted octanol–water partition coefficient (Wildman–Crippen LogP) is 3.37. The minimum atomic E-state index is -0.601. The average molecular weight is 414 g/mol. The molecule has 1 radical (unpaired) electrons. The predicted molar refractivity (Wildman–Crippen MR) is 59.6 cm³/mol. The molecule has 1 heterocycles. The van der Waals surface area contributed by atoms with E-state index in [1.807, 2.05) is 13.8 Å². The van der Waals surface area contributed by atoms with E-state index in [2.05, 4.69) is 11.1 Å². The summed E-state index contributed by atoms with van der Waals surface area (Å²) in [7, 11) is 0. The van der Waals surface area contributed by atoms with Crippen molar-refractivity contribution in [2.24, 2.45) is 10.4 Å². The minimum Gasteiger partial charge on any atom is -0.336 e. The van der Waals surface area contributed by atoms with Crippen LogP contribution < -0.4 is 0 Å².